The van der Waals surface area contributed by atoms with Crippen LogP contribution in [0.15, 0.2) is 60.9 Å². The Kier molecular flexibility index (Phi) is 8.43. The van der Waals surface area contributed by atoms with Gasteiger partial charge in [0.05, 0.1) is 39.3 Å². The summed E-state index contributed by atoms with van der Waals surface area (Å²) in [7, 11) is 3.35. The predicted molar refractivity (Wildman–Crippen MR) is 131 cm³/mol. The highest BCUT2D eigenvalue weighted by molar-refractivity contribution is 5.64. The van der Waals surface area contributed by atoms with Crippen LogP contribution in [0.5, 0.6) is 5.75 Å². The molecule has 33 heavy (non-hydrogen) atoms. The summed E-state index contributed by atoms with van der Waals surface area (Å²) in [6.07, 6.45) is 8.78. The lowest BCUT2D eigenvalue weighted by Crippen LogP contribution is -2.47. The maximum Gasteiger partial charge on any atom is 0.118 e. The fourth-order valence-corrected chi connectivity index (χ4v) is 5.36. The van der Waals surface area contributed by atoms with E-state index in [-0.39, 0.29) is 24.2 Å². The molecule has 2 aliphatic rings. The first kappa shape index (κ1) is 23.8. The molecule has 4 rings (SSSR count). The molecule has 4 atom stereocenters. The molecule has 1 N–H and O–H groups in total. The van der Waals surface area contributed by atoms with Crippen molar-refractivity contribution in [2.24, 2.45) is 5.92 Å². The van der Waals surface area contributed by atoms with E-state index >= 15 is 0 Å². The number of rotatable bonds is 9. The Balaban J connectivity index is 1.40. The third-order valence-electron chi connectivity index (χ3n) is 7.08. The second kappa shape index (κ2) is 11.7. The first-order valence-corrected chi connectivity index (χ1v) is 12.1. The summed E-state index contributed by atoms with van der Waals surface area (Å²) in [5.41, 5.74) is 3.48. The van der Waals surface area contributed by atoms with Crippen LogP contribution in [-0.4, -0.2) is 55.6 Å². The van der Waals surface area contributed by atoms with Gasteiger partial charge in [0.1, 0.15) is 5.75 Å². The van der Waals surface area contributed by atoms with Gasteiger partial charge >= 0.3 is 0 Å². The first-order valence-electron chi connectivity index (χ1n) is 12.1. The standard InChI is InChI=1S/C28H37NO4/c1-31-18-6-7-25-27(19-26(30)28(25)29-16-4-3-5-17-29)33-20-21-8-10-22(11-9-21)23-12-14-24(32-2)15-13-23/h6,8-15,18,25-28,30H,3-5,7,16-17,19-20H2,1-2H3/t25-,26+,27-,28-/m0/s1. The van der Waals surface area contributed by atoms with Crippen molar-refractivity contribution in [2.75, 3.05) is 27.3 Å². The van der Waals surface area contributed by atoms with Gasteiger partial charge in [-0.3, -0.25) is 4.90 Å². The van der Waals surface area contributed by atoms with Crippen LogP contribution in [0.2, 0.25) is 0 Å². The summed E-state index contributed by atoms with van der Waals surface area (Å²) < 4.78 is 16.8. The topological polar surface area (TPSA) is 51.2 Å². The van der Waals surface area contributed by atoms with Crippen molar-refractivity contribution in [3.63, 3.8) is 0 Å². The number of hydrogen-bond acceptors (Lipinski definition) is 5. The normalized spacial score (nSPS) is 26.0. The van der Waals surface area contributed by atoms with E-state index in [2.05, 4.69) is 47.4 Å². The largest absolute Gasteiger partial charge is 0.505 e. The van der Waals surface area contributed by atoms with Gasteiger partial charge in [-0.2, -0.15) is 0 Å². The molecule has 0 radical (unpaired) electrons. The minimum atomic E-state index is -0.341. The SMILES string of the molecule is COC=CC[C@@H]1[C@H](N2CCCCC2)[C@H](O)C[C@@H]1OCc1ccc(-c2ccc(OC)cc2)cc1. The number of hydrogen-bond donors (Lipinski definition) is 1. The lowest BCUT2D eigenvalue weighted by molar-refractivity contribution is -0.00133. The Bertz CT molecular complexity index is 874. The second-order valence-corrected chi connectivity index (χ2v) is 9.17. The van der Waals surface area contributed by atoms with Gasteiger partial charge in [0.2, 0.25) is 0 Å². The molecule has 2 aromatic rings. The number of aliphatic hydroxyl groups excluding tert-OH is 1. The Morgan fingerprint density at radius 2 is 1.61 bits per heavy atom. The predicted octanol–water partition coefficient (Wildman–Crippen LogP) is 5.03. The molecule has 0 bridgehead atoms. The second-order valence-electron chi connectivity index (χ2n) is 9.17. The van der Waals surface area contributed by atoms with Gasteiger partial charge in [-0.25, -0.2) is 0 Å². The summed E-state index contributed by atoms with van der Waals surface area (Å²) in [5, 5.41) is 10.9. The van der Waals surface area contributed by atoms with E-state index < -0.39 is 0 Å². The fourth-order valence-electron chi connectivity index (χ4n) is 5.36. The summed E-state index contributed by atoms with van der Waals surface area (Å²) >= 11 is 0. The zero-order valence-electron chi connectivity index (χ0n) is 19.9. The van der Waals surface area contributed by atoms with Crippen LogP contribution in [-0.2, 0) is 16.1 Å². The number of likely N-dealkylation sites (tertiary alicyclic amines) is 1. The minimum Gasteiger partial charge on any atom is -0.505 e. The average molecular weight is 452 g/mol. The van der Waals surface area contributed by atoms with Crippen molar-refractivity contribution in [3.8, 4) is 16.9 Å². The van der Waals surface area contributed by atoms with Gasteiger partial charge in [0, 0.05) is 18.4 Å². The molecule has 5 nitrogen and oxygen atoms in total. The maximum absolute atomic E-state index is 10.9. The van der Waals surface area contributed by atoms with Gasteiger partial charge in [0.15, 0.2) is 0 Å². The van der Waals surface area contributed by atoms with Gasteiger partial charge in [0.25, 0.3) is 0 Å². The van der Waals surface area contributed by atoms with Gasteiger partial charge in [-0.15, -0.1) is 0 Å². The van der Waals surface area contributed by atoms with Gasteiger partial charge < -0.3 is 19.3 Å². The number of ether oxygens (including phenoxy) is 3. The van der Waals surface area contributed by atoms with Crippen LogP contribution in [0.1, 0.15) is 37.7 Å². The molecular formula is C28H37NO4. The number of piperidine rings is 1. The van der Waals surface area contributed by atoms with Crippen LogP contribution >= 0.6 is 0 Å². The van der Waals surface area contributed by atoms with Crippen LogP contribution in [0.4, 0.5) is 0 Å². The van der Waals surface area contributed by atoms with E-state index in [0.717, 1.165) is 36.4 Å². The van der Waals surface area contributed by atoms with Crippen molar-refractivity contribution >= 4 is 0 Å². The number of aliphatic hydroxyl groups is 1. The van der Waals surface area contributed by atoms with Crippen molar-refractivity contribution in [1.82, 2.24) is 4.90 Å². The molecule has 1 aliphatic carbocycles. The molecule has 1 saturated carbocycles. The summed E-state index contributed by atoms with van der Waals surface area (Å²) in [5.74, 6) is 1.13. The van der Waals surface area contributed by atoms with Crippen LogP contribution in [0.3, 0.4) is 0 Å². The number of benzene rings is 2. The summed E-state index contributed by atoms with van der Waals surface area (Å²) in [4.78, 5) is 2.49. The summed E-state index contributed by atoms with van der Waals surface area (Å²) in [6.45, 7) is 2.70. The molecule has 0 spiro atoms. The molecule has 0 unspecified atom stereocenters. The molecule has 1 aliphatic heterocycles. The lowest BCUT2D eigenvalue weighted by Gasteiger charge is -2.37. The smallest absolute Gasteiger partial charge is 0.118 e. The number of methoxy groups -OCH3 is 2. The van der Waals surface area contributed by atoms with E-state index in [0.29, 0.717) is 13.0 Å². The quantitative estimate of drug-likeness (QED) is 0.542. The molecule has 0 amide bonds. The summed E-state index contributed by atoms with van der Waals surface area (Å²) in [6, 6.07) is 16.8. The van der Waals surface area contributed by atoms with Crippen LogP contribution < -0.4 is 4.74 Å². The molecule has 2 fully saturated rings. The van der Waals surface area contributed by atoms with Crippen molar-refractivity contribution in [2.45, 2.75) is 57.0 Å². The number of nitrogens with zero attached hydrogens (tertiary/aromatic N) is 1. The van der Waals surface area contributed by atoms with Gasteiger partial charge in [-0.05, 0) is 67.3 Å². The average Bonchev–Trinajstić information content (AvgIpc) is 3.18. The van der Waals surface area contributed by atoms with E-state index in [4.69, 9.17) is 14.2 Å². The van der Waals surface area contributed by atoms with E-state index in [1.807, 2.05) is 12.1 Å². The van der Waals surface area contributed by atoms with E-state index in [1.54, 1.807) is 20.5 Å². The minimum absolute atomic E-state index is 0.0368. The van der Waals surface area contributed by atoms with Crippen molar-refractivity contribution < 1.29 is 19.3 Å². The molecule has 1 heterocycles. The Morgan fingerprint density at radius 3 is 2.24 bits per heavy atom. The third-order valence-corrected chi connectivity index (χ3v) is 7.08. The molecule has 1 saturated heterocycles. The molecular weight excluding hydrogens is 414 g/mol. The Labute approximate surface area is 198 Å². The fraction of sp³-hybridized carbons (Fsp3) is 0.500. The third kappa shape index (κ3) is 5.97. The molecule has 178 valence electrons. The molecule has 5 heteroatoms. The zero-order valence-corrected chi connectivity index (χ0v) is 19.9. The number of allylic oxidation sites excluding steroid dienone is 1. The monoisotopic (exact) mass is 451 g/mol. The van der Waals surface area contributed by atoms with Crippen molar-refractivity contribution in [1.29, 1.82) is 0 Å². The van der Waals surface area contributed by atoms with Crippen LogP contribution in [0.25, 0.3) is 11.1 Å². The highest BCUT2D eigenvalue weighted by Gasteiger charge is 2.45. The highest BCUT2D eigenvalue weighted by Crippen LogP contribution is 2.37. The lowest BCUT2D eigenvalue weighted by atomic mass is 9.94. The Hall–Kier alpha value is -2.34. The van der Waals surface area contributed by atoms with Crippen LogP contribution in [0, 0.1) is 5.92 Å². The van der Waals surface area contributed by atoms with E-state index in [9.17, 15) is 5.11 Å². The first-order chi connectivity index (χ1) is 16.2. The van der Waals surface area contributed by atoms with Gasteiger partial charge in [-0.1, -0.05) is 42.8 Å². The molecule has 0 aromatic heterocycles. The zero-order chi connectivity index (χ0) is 23.0. The van der Waals surface area contributed by atoms with E-state index in [1.165, 1.54) is 24.8 Å². The highest BCUT2D eigenvalue weighted by atomic mass is 16.5. The van der Waals surface area contributed by atoms with Crippen molar-refractivity contribution in [3.05, 3.63) is 66.4 Å². The molecule has 2 aromatic carbocycles. The Morgan fingerprint density at radius 1 is 0.939 bits per heavy atom. The maximum atomic E-state index is 10.9.